The van der Waals surface area contributed by atoms with Gasteiger partial charge in [-0.05, 0) is 24.3 Å². The zero-order chi connectivity index (χ0) is 16.9. The Morgan fingerprint density at radius 1 is 1.00 bits per heavy atom. The van der Waals surface area contributed by atoms with Crippen molar-refractivity contribution in [1.82, 2.24) is 0 Å². The van der Waals surface area contributed by atoms with Gasteiger partial charge in [0.15, 0.2) is 5.78 Å². The maximum absolute atomic E-state index is 12.5. The predicted molar refractivity (Wildman–Crippen MR) is 89.9 cm³/mol. The van der Waals surface area contributed by atoms with E-state index in [1.165, 1.54) is 37.7 Å². The van der Waals surface area contributed by atoms with E-state index in [4.69, 9.17) is 0 Å². The number of Topliss-reactive ketones (excluding diaryl/α,β-unsaturated/α-hetero) is 1. The Kier molecular flexibility index (Phi) is 5.67. The molecule has 2 fully saturated rings. The highest BCUT2D eigenvalue weighted by molar-refractivity contribution is 5.98. The number of likely N-dealkylation sites (tertiary alicyclic amines) is 1. The third-order valence-electron chi connectivity index (χ3n) is 5.72. The summed E-state index contributed by atoms with van der Waals surface area (Å²) in [7, 11) is 0. The molecule has 1 aliphatic heterocycles. The van der Waals surface area contributed by atoms with E-state index in [0.29, 0.717) is 11.5 Å². The van der Waals surface area contributed by atoms with Gasteiger partial charge in [-0.3, -0.25) is 4.79 Å². The number of nitrogens with one attached hydrogen (secondary N) is 1. The molecule has 2 aliphatic rings. The molecular weight excluding hydrogens is 302 g/mol. The molecule has 1 aromatic rings. The van der Waals surface area contributed by atoms with E-state index in [2.05, 4.69) is 12.1 Å². The lowest BCUT2D eigenvalue weighted by molar-refractivity contribution is -0.906. The predicted octanol–water partition coefficient (Wildman–Crippen LogP) is 1.10. The molecular formula is C20H27NO3. The third kappa shape index (κ3) is 4.04. The molecule has 1 N–H and O–H groups in total. The van der Waals surface area contributed by atoms with Crippen LogP contribution in [-0.2, 0) is 4.79 Å². The Morgan fingerprint density at radius 2 is 1.62 bits per heavy atom. The van der Waals surface area contributed by atoms with Crippen LogP contribution in [0.15, 0.2) is 24.3 Å². The maximum Gasteiger partial charge on any atom is 0.169 e. The topological polar surface area (TPSA) is 61.6 Å². The van der Waals surface area contributed by atoms with Gasteiger partial charge in [-0.15, -0.1) is 0 Å². The summed E-state index contributed by atoms with van der Waals surface area (Å²) in [6.07, 6.45) is 8.48. The van der Waals surface area contributed by atoms with Crippen LogP contribution in [0, 0.1) is 0 Å². The molecule has 4 heteroatoms. The first-order valence-corrected chi connectivity index (χ1v) is 9.34. The molecule has 0 radical (unpaired) electrons. The van der Waals surface area contributed by atoms with Crippen molar-refractivity contribution in [2.24, 2.45) is 0 Å². The SMILES string of the molecule is O=C(C[C@@H](C(=O)[O-])[NH+]1CCCC1)c1ccc(C2CCCCC2)cc1. The van der Waals surface area contributed by atoms with Crippen LogP contribution < -0.4 is 10.0 Å². The highest BCUT2D eigenvalue weighted by atomic mass is 16.4. The lowest BCUT2D eigenvalue weighted by atomic mass is 9.84. The van der Waals surface area contributed by atoms with E-state index in [0.717, 1.165) is 30.8 Å². The number of carbonyl (C=O) groups excluding carboxylic acids is 2. The number of carboxylic acid groups (broad SMARTS) is 1. The minimum atomic E-state index is -1.10. The summed E-state index contributed by atoms with van der Waals surface area (Å²) in [4.78, 5) is 24.9. The zero-order valence-corrected chi connectivity index (χ0v) is 14.3. The van der Waals surface area contributed by atoms with Crippen LogP contribution in [0.25, 0.3) is 0 Å². The molecule has 1 heterocycles. The summed E-state index contributed by atoms with van der Waals surface area (Å²) in [5.41, 5.74) is 1.94. The first-order valence-electron chi connectivity index (χ1n) is 9.34. The third-order valence-corrected chi connectivity index (χ3v) is 5.72. The minimum Gasteiger partial charge on any atom is -0.544 e. The molecule has 4 nitrogen and oxygen atoms in total. The first-order chi connectivity index (χ1) is 11.6. The minimum absolute atomic E-state index is 0.0421. The van der Waals surface area contributed by atoms with Crippen molar-refractivity contribution in [3.05, 3.63) is 35.4 Å². The van der Waals surface area contributed by atoms with Crippen LogP contribution in [0.3, 0.4) is 0 Å². The molecule has 1 saturated carbocycles. The zero-order valence-electron chi connectivity index (χ0n) is 14.3. The van der Waals surface area contributed by atoms with E-state index in [9.17, 15) is 14.7 Å². The number of carbonyl (C=O) groups is 2. The van der Waals surface area contributed by atoms with Gasteiger partial charge >= 0.3 is 0 Å². The lowest BCUT2D eigenvalue weighted by Gasteiger charge is -2.25. The highest BCUT2D eigenvalue weighted by Gasteiger charge is 2.29. The van der Waals surface area contributed by atoms with E-state index in [1.807, 2.05) is 12.1 Å². The molecule has 3 rings (SSSR count). The second kappa shape index (κ2) is 7.93. The molecule has 0 spiro atoms. The van der Waals surface area contributed by atoms with Crippen LogP contribution in [0.1, 0.15) is 73.2 Å². The summed E-state index contributed by atoms with van der Waals surface area (Å²) in [6.45, 7) is 1.65. The molecule has 1 saturated heterocycles. The number of aliphatic carboxylic acids is 1. The second-order valence-corrected chi connectivity index (χ2v) is 7.32. The van der Waals surface area contributed by atoms with E-state index >= 15 is 0 Å². The van der Waals surface area contributed by atoms with Crippen LogP contribution in [0.5, 0.6) is 0 Å². The lowest BCUT2D eigenvalue weighted by Crippen LogP contribution is -3.15. The number of rotatable bonds is 6. The fourth-order valence-electron chi connectivity index (χ4n) is 4.25. The fraction of sp³-hybridized carbons (Fsp3) is 0.600. The van der Waals surface area contributed by atoms with E-state index in [1.54, 1.807) is 0 Å². The standard InChI is InChI=1S/C20H27NO3/c22-19(14-18(20(23)24)21-12-4-5-13-21)17-10-8-16(9-11-17)15-6-2-1-3-7-15/h8-11,15,18H,1-7,12-14H2,(H,23,24)/t18-/m0/s1. The molecule has 0 aromatic heterocycles. The van der Waals surface area contributed by atoms with Crippen molar-refractivity contribution >= 4 is 11.8 Å². The maximum atomic E-state index is 12.5. The highest BCUT2D eigenvalue weighted by Crippen LogP contribution is 2.32. The van der Waals surface area contributed by atoms with Gasteiger partial charge in [-0.1, -0.05) is 43.5 Å². The van der Waals surface area contributed by atoms with E-state index in [-0.39, 0.29) is 12.2 Å². The summed E-state index contributed by atoms with van der Waals surface area (Å²) < 4.78 is 0. The molecule has 0 amide bonds. The van der Waals surface area contributed by atoms with Crippen LogP contribution in [0.2, 0.25) is 0 Å². The number of quaternary nitrogens is 1. The Hall–Kier alpha value is -1.68. The Morgan fingerprint density at radius 3 is 2.21 bits per heavy atom. The van der Waals surface area contributed by atoms with Crippen molar-refractivity contribution in [3.63, 3.8) is 0 Å². The van der Waals surface area contributed by atoms with Gasteiger partial charge in [0, 0.05) is 18.4 Å². The molecule has 24 heavy (non-hydrogen) atoms. The quantitative estimate of drug-likeness (QED) is 0.795. The van der Waals surface area contributed by atoms with Crippen molar-refractivity contribution in [2.45, 2.75) is 63.3 Å². The van der Waals surface area contributed by atoms with Crippen molar-refractivity contribution in [1.29, 1.82) is 0 Å². The van der Waals surface area contributed by atoms with Crippen LogP contribution in [0.4, 0.5) is 0 Å². The Balaban J connectivity index is 1.64. The van der Waals surface area contributed by atoms with Crippen LogP contribution in [-0.4, -0.2) is 30.9 Å². The number of ketones is 1. The summed E-state index contributed by atoms with van der Waals surface area (Å²) >= 11 is 0. The first kappa shape index (κ1) is 17.2. The number of benzene rings is 1. The molecule has 1 aliphatic carbocycles. The molecule has 1 atom stereocenters. The van der Waals surface area contributed by atoms with Crippen molar-refractivity contribution in [2.75, 3.05) is 13.1 Å². The van der Waals surface area contributed by atoms with Crippen molar-refractivity contribution < 1.29 is 19.6 Å². The van der Waals surface area contributed by atoms with Gasteiger partial charge in [-0.2, -0.15) is 0 Å². The molecule has 130 valence electrons. The van der Waals surface area contributed by atoms with Crippen LogP contribution >= 0.6 is 0 Å². The Bertz CT molecular complexity index is 569. The Labute approximate surface area is 143 Å². The average molecular weight is 329 g/mol. The van der Waals surface area contributed by atoms with Gasteiger partial charge < -0.3 is 14.8 Å². The van der Waals surface area contributed by atoms with Gasteiger partial charge in [-0.25, -0.2) is 0 Å². The molecule has 0 bridgehead atoms. The van der Waals surface area contributed by atoms with Crippen molar-refractivity contribution in [3.8, 4) is 0 Å². The second-order valence-electron chi connectivity index (χ2n) is 7.32. The normalized spacial score (nSPS) is 20.8. The van der Waals surface area contributed by atoms with Gasteiger partial charge in [0.05, 0.1) is 25.5 Å². The van der Waals surface area contributed by atoms with E-state index < -0.39 is 12.0 Å². The molecule has 1 aromatic carbocycles. The largest absolute Gasteiger partial charge is 0.544 e. The average Bonchev–Trinajstić information content (AvgIpc) is 3.14. The number of carboxylic acids is 1. The van der Waals surface area contributed by atoms with Gasteiger partial charge in [0.1, 0.15) is 6.04 Å². The molecule has 0 unspecified atom stereocenters. The number of hydrogen-bond acceptors (Lipinski definition) is 3. The summed E-state index contributed by atoms with van der Waals surface area (Å²) in [6, 6.07) is 7.15. The smallest absolute Gasteiger partial charge is 0.169 e. The fourth-order valence-corrected chi connectivity index (χ4v) is 4.25. The summed E-state index contributed by atoms with van der Waals surface area (Å²) in [5.74, 6) is -0.564. The monoisotopic (exact) mass is 329 g/mol. The summed E-state index contributed by atoms with van der Waals surface area (Å²) in [5, 5.41) is 11.4. The van der Waals surface area contributed by atoms with Gasteiger partial charge in [0.25, 0.3) is 0 Å². The van der Waals surface area contributed by atoms with Gasteiger partial charge in [0.2, 0.25) is 0 Å². The number of hydrogen-bond donors (Lipinski definition) is 1.